The molecule has 2 heterocycles. The first-order valence-corrected chi connectivity index (χ1v) is 9.07. The summed E-state index contributed by atoms with van der Waals surface area (Å²) in [5.41, 5.74) is 1.97. The van der Waals surface area contributed by atoms with Gasteiger partial charge in [-0.25, -0.2) is 4.98 Å². The van der Waals surface area contributed by atoms with Gasteiger partial charge in [-0.1, -0.05) is 12.1 Å². The predicted octanol–water partition coefficient (Wildman–Crippen LogP) is 4.55. The van der Waals surface area contributed by atoms with Crippen molar-refractivity contribution >= 4 is 37.3 Å². The molecule has 2 aromatic carbocycles. The minimum atomic E-state index is 0.00548. The Balaban J connectivity index is 1.92. The second-order valence-electron chi connectivity index (χ2n) is 6.28. The van der Waals surface area contributed by atoms with E-state index in [2.05, 4.69) is 4.98 Å². The molecule has 5 heteroatoms. The van der Waals surface area contributed by atoms with Gasteiger partial charge in [0.25, 0.3) is 0 Å². The molecular formula is C21H18N2O2S. The quantitative estimate of drug-likeness (QED) is 0.502. The molecule has 0 atom stereocenters. The van der Waals surface area contributed by atoms with Gasteiger partial charge in [0, 0.05) is 40.6 Å². The number of hydrogen-bond donors (Lipinski definition) is 0. The van der Waals surface area contributed by atoms with Gasteiger partial charge in [0.1, 0.15) is 11.6 Å². The van der Waals surface area contributed by atoms with Crippen LogP contribution in [0.1, 0.15) is 0 Å². The molecule has 0 unspecified atom stereocenters. The van der Waals surface area contributed by atoms with Crippen LogP contribution in [-0.4, -0.2) is 26.2 Å². The van der Waals surface area contributed by atoms with Crippen molar-refractivity contribution in [3.05, 3.63) is 65.0 Å². The van der Waals surface area contributed by atoms with Crippen molar-refractivity contribution in [3.8, 4) is 16.9 Å². The van der Waals surface area contributed by atoms with Crippen molar-refractivity contribution in [3.63, 3.8) is 0 Å². The molecule has 0 aliphatic heterocycles. The number of ether oxygens (including phenoxy) is 1. The van der Waals surface area contributed by atoms with Gasteiger partial charge in [0.15, 0.2) is 5.43 Å². The van der Waals surface area contributed by atoms with E-state index in [1.807, 2.05) is 73.7 Å². The number of nitrogens with zero attached hydrogens (tertiary/aromatic N) is 2. The Labute approximate surface area is 155 Å². The van der Waals surface area contributed by atoms with E-state index in [-0.39, 0.29) is 5.43 Å². The zero-order chi connectivity index (χ0) is 18.3. The van der Waals surface area contributed by atoms with Crippen molar-refractivity contribution in [1.82, 2.24) is 4.98 Å². The average molecular weight is 362 g/mol. The van der Waals surface area contributed by atoms with Crippen LogP contribution in [0.15, 0.2) is 59.5 Å². The first-order chi connectivity index (χ1) is 12.6. The molecule has 130 valence electrons. The number of pyridine rings is 1. The second-order valence-corrected chi connectivity index (χ2v) is 7.36. The Morgan fingerprint density at radius 2 is 1.81 bits per heavy atom. The van der Waals surface area contributed by atoms with Crippen molar-refractivity contribution in [1.29, 1.82) is 0 Å². The van der Waals surface area contributed by atoms with Crippen LogP contribution in [0.5, 0.6) is 5.75 Å². The molecule has 4 aromatic rings. The third-order valence-corrected chi connectivity index (χ3v) is 5.55. The van der Waals surface area contributed by atoms with Crippen molar-refractivity contribution in [2.24, 2.45) is 0 Å². The SMILES string of the molecule is COc1cccc2sc3ccc(-c4ccc(N(C)C)nc4)cc3c(=O)c12. The number of anilines is 1. The van der Waals surface area contributed by atoms with Crippen LogP contribution in [0.25, 0.3) is 31.3 Å². The largest absolute Gasteiger partial charge is 0.496 e. The molecule has 0 saturated carbocycles. The topological polar surface area (TPSA) is 42.4 Å². The fourth-order valence-corrected chi connectivity index (χ4v) is 4.12. The van der Waals surface area contributed by atoms with E-state index in [0.29, 0.717) is 16.5 Å². The Morgan fingerprint density at radius 1 is 1.00 bits per heavy atom. The van der Waals surface area contributed by atoms with Gasteiger partial charge in [0.2, 0.25) is 0 Å². The molecule has 0 spiro atoms. The second kappa shape index (κ2) is 6.42. The van der Waals surface area contributed by atoms with Crippen LogP contribution in [0, 0.1) is 0 Å². The maximum atomic E-state index is 13.1. The Bertz CT molecular complexity index is 1160. The van der Waals surface area contributed by atoms with Gasteiger partial charge in [-0.05, 0) is 42.0 Å². The summed E-state index contributed by atoms with van der Waals surface area (Å²) in [7, 11) is 5.51. The summed E-state index contributed by atoms with van der Waals surface area (Å²) in [5.74, 6) is 1.52. The lowest BCUT2D eigenvalue weighted by molar-refractivity contribution is 0.419. The van der Waals surface area contributed by atoms with Gasteiger partial charge in [-0.15, -0.1) is 11.3 Å². The Hall–Kier alpha value is -2.92. The molecule has 0 saturated heterocycles. The molecule has 4 rings (SSSR count). The van der Waals surface area contributed by atoms with E-state index in [4.69, 9.17) is 4.74 Å². The van der Waals surface area contributed by atoms with Crippen LogP contribution in [0.3, 0.4) is 0 Å². The molecule has 0 amide bonds. The lowest BCUT2D eigenvalue weighted by Gasteiger charge is -2.11. The van der Waals surface area contributed by atoms with Gasteiger partial charge >= 0.3 is 0 Å². The van der Waals surface area contributed by atoms with Crippen LogP contribution >= 0.6 is 11.3 Å². The number of aromatic nitrogens is 1. The first kappa shape index (κ1) is 16.5. The molecule has 4 nitrogen and oxygen atoms in total. The lowest BCUT2D eigenvalue weighted by Crippen LogP contribution is -2.10. The van der Waals surface area contributed by atoms with E-state index in [0.717, 1.165) is 26.3 Å². The summed E-state index contributed by atoms with van der Waals surface area (Å²) in [4.78, 5) is 19.5. The molecule has 0 N–H and O–H groups in total. The highest BCUT2D eigenvalue weighted by atomic mass is 32.1. The summed E-state index contributed by atoms with van der Waals surface area (Å²) >= 11 is 1.60. The van der Waals surface area contributed by atoms with Gasteiger partial charge in [0.05, 0.1) is 12.5 Å². The molecule has 0 aliphatic rings. The molecule has 26 heavy (non-hydrogen) atoms. The highest BCUT2D eigenvalue weighted by Crippen LogP contribution is 2.32. The minimum Gasteiger partial charge on any atom is -0.496 e. The highest BCUT2D eigenvalue weighted by molar-refractivity contribution is 7.24. The molecule has 2 aromatic heterocycles. The maximum absolute atomic E-state index is 13.1. The standard InChI is InChI=1S/C21H18N2O2S/c1-23(2)19-10-8-14(12-22-19)13-7-9-17-15(11-13)21(24)20-16(25-3)5-4-6-18(20)26-17/h4-12H,1-3H3. The molecule has 0 radical (unpaired) electrons. The summed E-state index contributed by atoms with van der Waals surface area (Å²) in [6.45, 7) is 0. The molecule has 0 aliphatic carbocycles. The summed E-state index contributed by atoms with van der Waals surface area (Å²) in [6.07, 6.45) is 1.84. The predicted molar refractivity (Wildman–Crippen MR) is 110 cm³/mol. The highest BCUT2D eigenvalue weighted by Gasteiger charge is 2.11. The number of methoxy groups -OCH3 is 1. The molecular weight excluding hydrogens is 344 g/mol. The van der Waals surface area contributed by atoms with Crippen molar-refractivity contribution in [2.45, 2.75) is 0 Å². The summed E-state index contributed by atoms with van der Waals surface area (Å²) < 4.78 is 7.31. The Kier molecular flexibility index (Phi) is 4.09. The molecule has 0 fully saturated rings. The van der Waals surface area contributed by atoms with Crippen molar-refractivity contribution in [2.75, 3.05) is 26.1 Å². The lowest BCUT2D eigenvalue weighted by atomic mass is 10.0. The van der Waals surface area contributed by atoms with Crippen LogP contribution < -0.4 is 15.1 Å². The van der Waals surface area contributed by atoms with Gasteiger partial charge < -0.3 is 9.64 Å². The first-order valence-electron chi connectivity index (χ1n) is 8.26. The number of fused-ring (bicyclic) bond motifs is 2. The minimum absolute atomic E-state index is 0.00548. The number of rotatable bonds is 3. The third-order valence-electron chi connectivity index (χ3n) is 4.42. The fraction of sp³-hybridized carbons (Fsp3) is 0.143. The fourth-order valence-electron chi connectivity index (χ4n) is 3.04. The number of benzene rings is 2. The zero-order valence-corrected chi connectivity index (χ0v) is 15.6. The Morgan fingerprint density at radius 3 is 2.50 bits per heavy atom. The maximum Gasteiger partial charge on any atom is 0.199 e. The average Bonchev–Trinajstić information content (AvgIpc) is 2.67. The van der Waals surface area contributed by atoms with Crippen LogP contribution in [0.2, 0.25) is 0 Å². The van der Waals surface area contributed by atoms with Crippen LogP contribution in [-0.2, 0) is 0 Å². The van der Waals surface area contributed by atoms with Crippen LogP contribution in [0.4, 0.5) is 5.82 Å². The normalized spacial score (nSPS) is 11.0. The van der Waals surface area contributed by atoms with E-state index in [1.165, 1.54) is 0 Å². The monoisotopic (exact) mass is 362 g/mol. The van der Waals surface area contributed by atoms with E-state index < -0.39 is 0 Å². The zero-order valence-electron chi connectivity index (χ0n) is 14.8. The van der Waals surface area contributed by atoms with Gasteiger partial charge in [-0.3, -0.25) is 4.79 Å². The van der Waals surface area contributed by atoms with Gasteiger partial charge in [-0.2, -0.15) is 0 Å². The summed E-state index contributed by atoms with van der Waals surface area (Å²) in [5, 5.41) is 1.35. The van der Waals surface area contributed by atoms with Crippen molar-refractivity contribution < 1.29 is 4.74 Å². The summed E-state index contributed by atoms with van der Waals surface area (Å²) in [6, 6.07) is 15.7. The number of hydrogen-bond acceptors (Lipinski definition) is 5. The van der Waals surface area contributed by atoms with E-state index in [1.54, 1.807) is 18.4 Å². The van der Waals surface area contributed by atoms with E-state index >= 15 is 0 Å². The van der Waals surface area contributed by atoms with E-state index in [9.17, 15) is 4.79 Å². The smallest absolute Gasteiger partial charge is 0.199 e. The third kappa shape index (κ3) is 2.70. The molecule has 0 bridgehead atoms.